The van der Waals surface area contributed by atoms with Crippen LogP contribution >= 0.6 is 11.6 Å². The van der Waals surface area contributed by atoms with Crippen LogP contribution < -0.4 is 14.4 Å². The van der Waals surface area contributed by atoms with E-state index in [4.69, 9.17) is 22.1 Å². The lowest BCUT2D eigenvalue weighted by molar-refractivity contribution is -0.0473. The second-order valence-corrected chi connectivity index (χ2v) is 8.71. The molecule has 0 aliphatic carbocycles. The highest BCUT2D eigenvalue weighted by atomic mass is 35.5. The van der Waals surface area contributed by atoms with Crippen molar-refractivity contribution in [1.29, 1.82) is 0 Å². The van der Waals surface area contributed by atoms with Gasteiger partial charge in [0.2, 0.25) is 0 Å². The Balaban J connectivity index is 2.12. The Morgan fingerprint density at radius 1 is 1.14 bits per heavy atom. The van der Waals surface area contributed by atoms with Crippen LogP contribution in [0, 0.1) is 0 Å². The minimum atomic E-state index is -5.69. The van der Waals surface area contributed by atoms with Gasteiger partial charge in [0.25, 0.3) is 0 Å². The van der Waals surface area contributed by atoms with Gasteiger partial charge in [0, 0.05) is 24.3 Å². The van der Waals surface area contributed by atoms with Crippen LogP contribution in [0.2, 0.25) is 5.02 Å². The monoisotopic (exact) mass is 445 g/mol. The van der Waals surface area contributed by atoms with Gasteiger partial charge < -0.3 is 10.5 Å². The average Bonchev–Trinajstić information content (AvgIpc) is 2.69. The molecule has 1 aliphatic rings. The fourth-order valence-corrected chi connectivity index (χ4v) is 4.47. The number of hydrogen-bond donors (Lipinski definition) is 1. The first-order valence-electron chi connectivity index (χ1n) is 8.41. The molecule has 1 aliphatic heterocycles. The highest BCUT2D eigenvalue weighted by Crippen LogP contribution is 2.42. The van der Waals surface area contributed by atoms with Gasteiger partial charge in [-0.15, -0.1) is 3.89 Å². The third-order valence-electron chi connectivity index (χ3n) is 4.36. The summed E-state index contributed by atoms with van der Waals surface area (Å²) in [4.78, 5) is 0. The molecule has 0 amide bonds. The minimum absolute atomic E-state index is 0.0292. The second kappa shape index (κ2) is 7.83. The zero-order valence-electron chi connectivity index (χ0n) is 14.9. The van der Waals surface area contributed by atoms with Crippen molar-refractivity contribution in [2.45, 2.75) is 5.51 Å². The summed E-state index contributed by atoms with van der Waals surface area (Å²) in [7, 11) is -5.69. The molecule has 0 saturated carbocycles. The van der Waals surface area contributed by atoms with Gasteiger partial charge in [-0.2, -0.15) is 21.6 Å². The number of alkyl halides is 3. The van der Waals surface area contributed by atoms with Crippen molar-refractivity contribution >= 4 is 27.3 Å². The minimum Gasteiger partial charge on any atom is -0.456 e. The molecule has 1 heterocycles. The Labute approximate surface area is 171 Å². The van der Waals surface area contributed by atoms with Crippen molar-refractivity contribution in [3.63, 3.8) is 0 Å². The number of rotatable bonds is 5. The van der Waals surface area contributed by atoms with Gasteiger partial charge >= 0.3 is 15.5 Å². The molecule has 1 atom stereocenters. The lowest BCUT2D eigenvalue weighted by atomic mass is 10.2. The standard InChI is InChI=1S/C19H17ClF3N2O3S/c20-17-11-15(8-9-18(17)28-16-6-2-1-3-7-16)25(29(26,27)19(21,22)23)10-4-5-14(12-24)13-25/h1-9,11,13H,10,12,24H2/q+1. The summed E-state index contributed by atoms with van der Waals surface area (Å²) in [5, 5.41) is -0.0292. The van der Waals surface area contributed by atoms with Gasteiger partial charge in [-0.3, -0.25) is 0 Å². The van der Waals surface area contributed by atoms with Crippen LogP contribution in [0.5, 0.6) is 11.5 Å². The van der Waals surface area contributed by atoms with Gasteiger partial charge in [0.1, 0.15) is 24.2 Å². The van der Waals surface area contributed by atoms with Crippen molar-refractivity contribution in [2.75, 3.05) is 13.1 Å². The van der Waals surface area contributed by atoms with Crippen LogP contribution in [0.4, 0.5) is 18.9 Å². The molecule has 2 aromatic rings. The SMILES string of the molecule is NCC1=C[N+](c2ccc(Oc3ccccc3)c(Cl)c2)(S(=O)(=O)C(F)(F)F)CC=C1. The van der Waals surface area contributed by atoms with E-state index in [1.54, 1.807) is 30.3 Å². The zero-order chi connectivity index (χ0) is 21.3. The summed E-state index contributed by atoms with van der Waals surface area (Å²) in [6.07, 6.45) is 3.83. The van der Waals surface area contributed by atoms with Gasteiger partial charge in [0.05, 0.1) is 5.02 Å². The molecule has 3 rings (SSSR count). The normalized spacial score (nSPS) is 19.7. The summed E-state index contributed by atoms with van der Waals surface area (Å²) in [6, 6.07) is 12.4. The third kappa shape index (κ3) is 3.91. The number of benzene rings is 2. The molecule has 10 heteroatoms. The molecular formula is C19H17ClF3N2O3S+. The molecule has 0 bridgehead atoms. The van der Waals surface area contributed by atoms with Crippen LogP contribution in [-0.4, -0.2) is 27.0 Å². The quantitative estimate of drug-likeness (QED) is 0.677. The van der Waals surface area contributed by atoms with E-state index in [0.717, 1.165) is 12.3 Å². The van der Waals surface area contributed by atoms with Crippen molar-refractivity contribution in [1.82, 2.24) is 3.89 Å². The van der Waals surface area contributed by atoms with Crippen LogP contribution in [0.25, 0.3) is 0 Å². The molecule has 2 N–H and O–H groups in total. The van der Waals surface area contributed by atoms with E-state index in [-0.39, 0.29) is 28.6 Å². The summed E-state index contributed by atoms with van der Waals surface area (Å²) in [5.41, 5.74) is 0.134. The van der Waals surface area contributed by atoms with Gasteiger partial charge in [-0.1, -0.05) is 35.9 Å². The third-order valence-corrected chi connectivity index (χ3v) is 6.57. The molecule has 0 saturated heterocycles. The summed E-state index contributed by atoms with van der Waals surface area (Å²) >= 11 is 6.22. The van der Waals surface area contributed by atoms with Crippen molar-refractivity contribution < 1.29 is 26.3 Å². The Morgan fingerprint density at radius 2 is 1.83 bits per heavy atom. The molecule has 0 spiro atoms. The second-order valence-electron chi connectivity index (χ2n) is 6.24. The summed E-state index contributed by atoms with van der Waals surface area (Å²) in [6.45, 7) is -0.576. The smallest absolute Gasteiger partial charge is 0.456 e. The average molecular weight is 446 g/mol. The number of hydrogen-bond acceptors (Lipinski definition) is 4. The molecule has 154 valence electrons. The first kappa shape index (κ1) is 21.4. The Morgan fingerprint density at radius 3 is 2.41 bits per heavy atom. The topological polar surface area (TPSA) is 69.4 Å². The maximum atomic E-state index is 13.5. The molecule has 0 radical (unpaired) electrons. The number of ether oxygens (including phenoxy) is 1. The predicted molar refractivity (Wildman–Crippen MR) is 106 cm³/mol. The van der Waals surface area contributed by atoms with Crippen LogP contribution in [0.1, 0.15) is 0 Å². The molecule has 0 fully saturated rings. The highest BCUT2D eigenvalue weighted by molar-refractivity contribution is 7.91. The highest BCUT2D eigenvalue weighted by Gasteiger charge is 2.61. The van der Waals surface area contributed by atoms with E-state index in [2.05, 4.69) is 0 Å². The Bertz CT molecular complexity index is 1070. The van der Waals surface area contributed by atoms with Gasteiger partial charge in [-0.05, 0) is 24.3 Å². The number of para-hydroxylation sites is 1. The predicted octanol–water partition coefficient (Wildman–Crippen LogP) is 4.70. The van der Waals surface area contributed by atoms with Crippen molar-refractivity contribution in [2.24, 2.45) is 5.73 Å². The molecule has 0 aromatic heterocycles. The Kier molecular flexibility index (Phi) is 5.77. The van der Waals surface area contributed by atoms with Crippen LogP contribution in [0.3, 0.4) is 0 Å². The number of nitrogens with zero attached hydrogens (tertiary/aromatic N) is 1. The largest absolute Gasteiger partial charge is 0.550 e. The number of quaternary nitrogens is 1. The van der Waals surface area contributed by atoms with E-state index < -0.39 is 26.0 Å². The zero-order valence-corrected chi connectivity index (χ0v) is 16.5. The van der Waals surface area contributed by atoms with E-state index in [9.17, 15) is 21.6 Å². The Hall–Kier alpha value is -2.33. The lowest BCUT2D eigenvalue weighted by Gasteiger charge is -2.34. The summed E-state index contributed by atoms with van der Waals surface area (Å²) < 4.78 is 69.7. The fourth-order valence-electron chi connectivity index (χ4n) is 2.94. The number of nitrogens with two attached hydrogens (primary N) is 1. The van der Waals surface area contributed by atoms with Crippen LogP contribution in [0.15, 0.2) is 72.5 Å². The fraction of sp³-hybridized carbons (Fsp3) is 0.158. The van der Waals surface area contributed by atoms with E-state index in [1.807, 2.05) is 0 Å². The molecule has 5 nitrogen and oxygen atoms in total. The lowest BCUT2D eigenvalue weighted by Crippen LogP contribution is -2.56. The molecule has 1 unspecified atom stereocenters. The summed E-state index contributed by atoms with van der Waals surface area (Å²) in [5.74, 6) is 0.653. The van der Waals surface area contributed by atoms with Crippen molar-refractivity contribution in [3.8, 4) is 11.5 Å². The first-order valence-corrected chi connectivity index (χ1v) is 10.2. The first-order chi connectivity index (χ1) is 13.6. The van der Waals surface area contributed by atoms with Gasteiger partial charge in [-0.25, -0.2) is 0 Å². The van der Waals surface area contributed by atoms with Gasteiger partial charge in [0.15, 0.2) is 5.69 Å². The number of sulfonamides is 1. The number of halogens is 4. The maximum absolute atomic E-state index is 13.5. The molecular weight excluding hydrogens is 429 g/mol. The molecule has 2 aromatic carbocycles. The van der Waals surface area contributed by atoms with E-state index in [1.165, 1.54) is 24.3 Å². The maximum Gasteiger partial charge on any atom is 0.550 e. The van der Waals surface area contributed by atoms with Crippen LogP contribution in [-0.2, 0) is 10.0 Å². The van der Waals surface area contributed by atoms with E-state index in [0.29, 0.717) is 5.75 Å². The molecule has 29 heavy (non-hydrogen) atoms. The van der Waals surface area contributed by atoms with E-state index >= 15 is 0 Å². The van der Waals surface area contributed by atoms with Crippen molar-refractivity contribution in [3.05, 3.63) is 77.5 Å².